The van der Waals surface area contributed by atoms with Crippen molar-refractivity contribution in [3.63, 3.8) is 0 Å². The Kier molecular flexibility index (Phi) is 7.19. The molecule has 6 nitrogen and oxygen atoms in total. The molecule has 12 aromatic rings. The maximum atomic E-state index is 11.1. The summed E-state index contributed by atoms with van der Waals surface area (Å²) < 4.78 is 11.6. The van der Waals surface area contributed by atoms with Crippen molar-refractivity contribution in [3.8, 4) is 51.3 Å². The van der Waals surface area contributed by atoms with E-state index in [1.807, 2.05) is 72.8 Å². The number of hydrogen-bond acceptors (Lipinski definition) is 4. The Morgan fingerprint density at radius 2 is 0.983 bits per heavy atom. The molecule has 59 heavy (non-hydrogen) atoms. The van der Waals surface area contributed by atoms with E-state index in [1.54, 1.807) is 0 Å². The fourth-order valence-corrected chi connectivity index (χ4v) is 9.02. The van der Waals surface area contributed by atoms with Gasteiger partial charge in [0.15, 0.2) is 5.82 Å². The van der Waals surface area contributed by atoms with E-state index in [0.29, 0.717) is 11.4 Å². The van der Waals surface area contributed by atoms with Gasteiger partial charge in [-0.1, -0.05) is 133 Å². The highest BCUT2D eigenvalue weighted by Gasteiger charge is 2.28. The van der Waals surface area contributed by atoms with Gasteiger partial charge in [0.1, 0.15) is 17.2 Å². The Morgan fingerprint density at radius 1 is 0.458 bits per heavy atom. The number of hydrogen-bond donors (Lipinski definition) is 0. The van der Waals surface area contributed by atoms with Crippen LogP contribution >= 0.6 is 0 Å². The first-order chi connectivity index (χ1) is 29.2. The van der Waals surface area contributed by atoms with Crippen LogP contribution in [0.3, 0.4) is 0 Å². The SMILES string of the molecule is N#Cc1cc(-c2nc(-c3ccccc3)cc(-c3ccccc3)n2)ccc1-n1c2ccccc2c2c3c(c4ccccc4n3-c3ccccc3)c3oc4ccccc4c3c21. The van der Waals surface area contributed by atoms with E-state index in [2.05, 4.69) is 130 Å². The van der Waals surface area contributed by atoms with E-state index < -0.39 is 0 Å². The van der Waals surface area contributed by atoms with Crippen LogP contribution in [0.2, 0.25) is 0 Å². The maximum Gasteiger partial charge on any atom is 0.160 e. The minimum atomic E-state index is 0.504. The molecule has 0 spiro atoms. The van der Waals surface area contributed by atoms with Crippen molar-refractivity contribution in [2.45, 2.75) is 0 Å². The lowest BCUT2D eigenvalue weighted by atomic mass is 10.0. The number of para-hydroxylation sites is 4. The summed E-state index contributed by atoms with van der Waals surface area (Å²) in [5, 5.41) is 17.5. The van der Waals surface area contributed by atoms with Crippen molar-refractivity contribution in [2.24, 2.45) is 0 Å². The number of aromatic nitrogens is 4. The van der Waals surface area contributed by atoms with Gasteiger partial charge >= 0.3 is 0 Å². The van der Waals surface area contributed by atoms with Crippen LogP contribution in [0.4, 0.5) is 0 Å². The summed E-state index contributed by atoms with van der Waals surface area (Å²) in [4.78, 5) is 10.2. The maximum absolute atomic E-state index is 11.1. The predicted octanol–water partition coefficient (Wildman–Crippen LogP) is 13.4. The molecule has 0 aliphatic carbocycles. The molecule has 0 saturated carbocycles. The molecule has 0 bridgehead atoms. The molecule has 8 aromatic carbocycles. The second-order valence-corrected chi connectivity index (χ2v) is 14.8. The van der Waals surface area contributed by atoms with E-state index in [0.717, 1.165) is 105 Å². The lowest BCUT2D eigenvalue weighted by Gasteiger charge is -2.14. The molecule has 12 rings (SSSR count). The average Bonchev–Trinajstić information content (AvgIpc) is 3.97. The third kappa shape index (κ3) is 4.92. The molecule has 0 unspecified atom stereocenters. The molecule has 0 atom stereocenters. The van der Waals surface area contributed by atoms with Gasteiger partial charge in [0.2, 0.25) is 0 Å². The summed E-state index contributed by atoms with van der Waals surface area (Å²) in [5.41, 5.74) is 12.4. The summed E-state index contributed by atoms with van der Waals surface area (Å²) in [7, 11) is 0. The Labute approximate surface area is 338 Å². The van der Waals surface area contributed by atoms with Gasteiger partial charge in [0.05, 0.1) is 55.5 Å². The number of furan rings is 1. The van der Waals surface area contributed by atoms with Gasteiger partial charge in [-0.15, -0.1) is 0 Å². The minimum absolute atomic E-state index is 0.504. The van der Waals surface area contributed by atoms with Gasteiger partial charge in [-0.3, -0.25) is 0 Å². The van der Waals surface area contributed by atoms with Crippen LogP contribution in [0.25, 0.3) is 111 Å². The lowest BCUT2D eigenvalue weighted by Crippen LogP contribution is -2.00. The van der Waals surface area contributed by atoms with E-state index in [-0.39, 0.29) is 0 Å². The Bertz CT molecular complexity index is 3610. The lowest BCUT2D eigenvalue weighted by molar-refractivity contribution is 0.673. The quantitative estimate of drug-likeness (QED) is 0.175. The summed E-state index contributed by atoms with van der Waals surface area (Å²) in [5.74, 6) is 0.549. The van der Waals surface area contributed by atoms with E-state index >= 15 is 0 Å². The molecule has 0 radical (unpaired) electrons. The van der Waals surface area contributed by atoms with Crippen molar-refractivity contribution in [1.29, 1.82) is 5.26 Å². The van der Waals surface area contributed by atoms with Crippen LogP contribution in [0.5, 0.6) is 0 Å². The zero-order valence-corrected chi connectivity index (χ0v) is 31.5. The second kappa shape index (κ2) is 12.9. The molecular weight excluding hydrogens is 723 g/mol. The number of nitriles is 1. The highest BCUT2D eigenvalue weighted by molar-refractivity contribution is 6.39. The zero-order valence-electron chi connectivity index (χ0n) is 31.5. The molecule has 0 amide bonds. The monoisotopic (exact) mass is 753 g/mol. The van der Waals surface area contributed by atoms with Gasteiger partial charge < -0.3 is 13.6 Å². The normalized spacial score (nSPS) is 11.7. The van der Waals surface area contributed by atoms with Crippen LogP contribution in [-0.2, 0) is 0 Å². The van der Waals surface area contributed by atoms with Crippen LogP contribution in [0.15, 0.2) is 192 Å². The van der Waals surface area contributed by atoms with Crippen LogP contribution < -0.4 is 0 Å². The van der Waals surface area contributed by atoms with E-state index in [1.165, 1.54) is 0 Å². The number of benzene rings is 8. The standard InChI is InChI=1S/C53H31N5O/c54-32-36-30-35(53-55-41(33-16-4-1-5-17-33)31-42(56-53)34-18-6-2-7-19-34)28-29-43(36)58-45-26-14-10-22-38(45)47-50-48(52-49(51(47)58)40-24-12-15-27-46(40)59-52)39-23-11-13-25-44(39)57(50)37-20-8-3-9-21-37/h1-31H. The van der Waals surface area contributed by atoms with Gasteiger partial charge in [-0.2, -0.15) is 5.26 Å². The highest BCUT2D eigenvalue weighted by Crippen LogP contribution is 2.49. The Morgan fingerprint density at radius 3 is 1.64 bits per heavy atom. The molecule has 0 aliphatic heterocycles. The Hall–Kier alpha value is -8.27. The van der Waals surface area contributed by atoms with Crippen LogP contribution in [0.1, 0.15) is 5.56 Å². The van der Waals surface area contributed by atoms with Crippen LogP contribution in [-0.4, -0.2) is 19.1 Å². The highest BCUT2D eigenvalue weighted by atomic mass is 16.3. The van der Waals surface area contributed by atoms with Crippen molar-refractivity contribution >= 4 is 65.6 Å². The molecule has 4 aromatic heterocycles. The van der Waals surface area contributed by atoms with Crippen LogP contribution in [0, 0.1) is 11.3 Å². The average molecular weight is 754 g/mol. The molecule has 0 aliphatic rings. The second-order valence-electron chi connectivity index (χ2n) is 14.8. The van der Waals surface area contributed by atoms with Crippen molar-refractivity contribution in [2.75, 3.05) is 0 Å². The summed E-state index contributed by atoms with van der Waals surface area (Å²) in [6.07, 6.45) is 0. The van der Waals surface area contributed by atoms with Gasteiger partial charge in [0, 0.05) is 43.9 Å². The van der Waals surface area contributed by atoms with Crippen molar-refractivity contribution in [3.05, 3.63) is 194 Å². The van der Waals surface area contributed by atoms with Crippen molar-refractivity contribution < 1.29 is 4.42 Å². The molecular formula is C53H31N5O. The van der Waals surface area contributed by atoms with Gasteiger partial charge in [-0.25, -0.2) is 9.97 Å². The third-order valence-electron chi connectivity index (χ3n) is 11.5. The summed E-state index contributed by atoms with van der Waals surface area (Å²) >= 11 is 0. The summed E-state index contributed by atoms with van der Waals surface area (Å²) in [6, 6.07) is 66.8. The number of nitrogens with zero attached hydrogens (tertiary/aromatic N) is 5. The fraction of sp³-hybridized carbons (Fsp3) is 0. The third-order valence-corrected chi connectivity index (χ3v) is 11.5. The van der Waals surface area contributed by atoms with E-state index in [4.69, 9.17) is 14.4 Å². The van der Waals surface area contributed by atoms with E-state index in [9.17, 15) is 5.26 Å². The first-order valence-corrected chi connectivity index (χ1v) is 19.6. The first-order valence-electron chi connectivity index (χ1n) is 19.6. The Balaban J connectivity index is 1.20. The molecule has 4 heterocycles. The molecule has 0 fully saturated rings. The predicted molar refractivity (Wildman–Crippen MR) is 239 cm³/mol. The fourth-order valence-electron chi connectivity index (χ4n) is 9.02. The zero-order chi connectivity index (χ0) is 39.0. The molecule has 0 saturated heterocycles. The van der Waals surface area contributed by atoms with Gasteiger partial charge in [0.25, 0.3) is 0 Å². The summed E-state index contributed by atoms with van der Waals surface area (Å²) in [6.45, 7) is 0. The van der Waals surface area contributed by atoms with Gasteiger partial charge in [-0.05, 0) is 54.6 Å². The topological polar surface area (TPSA) is 72.6 Å². The molecule has 274 valence electrons. The first kappa shape index (κ1) is 32.9. The molecule has 6 heteroatoms. The smallest absolute Gasteiger partial charge is 0.160 e. The number of rotatable bonds is 5. The minimum Gasteiger partial charge on any atom is -0.455 e. The number of fused-ring (bicyclic) bond motifs is 12. The molecule has 0 N–H and O–H groups in total. The van der Waals surface area contributed by atoms with Crippen molar-refractivity contribution in [1.82, 2.24) is 19.1 Å². The largest absolute Gasteiger partial charge is 0.455 e.